The van der Waals surface area contributed by atoms with Crippen LogP contribution in [0.5, 0.6) is 0 Å². The highest BCUT2D eigenvalue weighted by Gasteiger charge is 2.42. The van der Waals surface area contributed by atoms with Crippen LogP contribution in [0.15, 0.2) is 0 Å². The van der Waals surface area contributed by atoms with Gasteiger partial charge in [0.2, 0.25) is 5.91 Å². The summed E-state index contributed by atoms with van der Waals surface area (Å²) in [5.74, 6) is -2.08. The van der Waals surface area contributed by atoms with Gasteiger partial charge in [0.25, 0.3) is 0 Å². The van der Waals surface area contributed by atoms with E-state index in [9.17, 15) is 14.4 Å². The fraction of sp³-hybridized carbons (Fsp3) is 0.727. The van der Waals surface area contributed by atoms with Crippen molar-refractivity contribution < 1.29 is 24.2 Å². The third-order valence-corrected chi connectivity index (χ3v) is 2.97. The highest BCUT2D eigenvalue weighted by Crippen LogP contribution is 2.28. The van der Waals surface area contributed by atoms with Gasteiger partial charge in [0.05, 0.1) is 19.4 Å². The summed E-state index contributed by atoms with van der Waals surface area (Å²) in [4.78, 5) is 35.3. The highest BCUT2D eigenvalue weighted by molar-refractivity contribution is 5.87. The third kappa shape index (κ3) is 2.95. The first-order valence-corrected chi connectivity index (χ1v) is 5.38. The maximum absolute atomic E-state index is 11.8. The van der Waals surface area contributed by atoms with Crippen LogP contribution in [0, 0.1) is 5.92 Å². The number of nitrogens with zero attached hydrogens (tertiary/aromatic N) is 1. The summed E-state index contributed by atoms with van der Waals surface area (Å²) in [6.07, 6.45) is -0.0532. The van der Waals surface area contributed by atoms with E-state index in [0.29, 0.717) is 0 Å². The molecule has 1 aliphatic heterocycles. The van der Waals surface area contributed by atoms with E-state index in [1.165, 1.54) is 12.0 Å². The highest BCUT2D eigenvalue weighted by atomic mass is 16.5. The van der Waals surface area contributed by atoms with Gasteiger partial charge in [0.15, 0.2) is 0 Å². The summed E-state index contributed by atoms with van der Waals surface area (Å²) in [5, 5.41) is 8.79. The normalized spacial score (nSPS) is 20.5. The standard InChI is InChI=1S/C11H17NO5/c1-11(2,5-9(14)15)12-6-7(4-8(12)13)10(16)17-3/h7H,4-6H2,1-3H3,(H,14,15). The average molecular weight is 243 g/mol. The van der Waals surface area contributed by atoms with Crippen molar-refractivity contribution in [1.29, 1.82) is 0 Å². The Labute approximate surface area is 99.5 Å². The minimum Gasteiger partial charge on any atom is -0.481 e. The van der Waals surface area contributed by atoms with Gasteiger partial charge in [-0.2, -0.15) is 0 Å². The van der Waals surface area contributed by atoms with E-state index in [1.54, 1.807) is 13.8 Å². The van der Waals surface area contributed by atoms with E-state index < -0.39 is 23.4 Å². The largest absolute Gasteiger partial charge is 0.481 e. The molecule has 0 saturated carbocycles. The molecule has 1 amide bonds. The van der Waals surface area contributed by atoms with Crippen LogP contribution in [0.2, 0.25) is 0 Å². The summed E-state index contributed by atoms with van der Waals surface area (Å²) in [5.41, 5.74) is -0.786. The van der Waals surface area contributed by atoms with Gasteiger partial charge in [-0.1, -0.05) is 0 Å². The van der Waals surface area contributed by atoms with Gasteiger partial charge in [0.1, 0.15) is 0 Å². The van der Waals surface area contributed by atoms with Gasteiger partial charge < -0.3 is 14.7 Å². The number of carbonyl (C=O) groups excluding carboxylic acids is 2. The summed E-state index contributed by atoms with van der Waals surface area (Å²) >= 11 is 0. The maximum atomic E-state index is 11.8. The zero-order valence-corrected chi connectivity index (χ0v) is 10.2. The minimum atomic E-state index is -0.968. The minimum absolute atomic E-state index is 0.0930. The number of carboxylic acids is 1. The molecule has 17 heavy (non-hydrogen) atoms. The van der Waals surface area contributed by atoms with Gasteiger partial charge in [-0.3, -0.25) is 14.4 Å². The topological polar surface area (TPSA) is 83.9 Å². The van der Waals surface area contributed by atoms with Gasteiger partial charge in [-0.05, 0) is 13.8 Å². The molecule has 1 N–H and O–H groups in total. The molecule has 96 valence electrons. The Morgan fingerprint density at radius 2 is 2.12 bits per heavy atom. The number of esters is 1. The van der Waals surface area contributed by atoms with E-state index in [4.69, 9.17) is 5.11 Å². The lowest BCUT2D eigenvalue weighted by Gasteiger charge is -2.34. The Morgan fingerprint density at radius 3 is 2.59 bits per heavy atom. The van der Waals surface area contributed by atoms with Gasteiger partial charge in [-0.15, -0.1) is 0 Å². The molecule has 1 unspecified atom stereocenters. The zero-order valence-electron chi connectivity index (χ0n) is 10.2. The molecule has 1 rings (SSSR count). The first kappa shape index (κ1) is 13.5. The van der Waals surface area contributed by atoms with Crippen LogP contribution >= 0.6 is 0 Å². The molecule has 0 aromatic heterocycles. The molecule has 0 radical (unpaired) electrons. The predicted molar refractivity (Wildman–Crippen MR) is 58.2 cm³/mol. The number of methoxy groups -OCH3 is 1. The lowest BCUT2D eigenvalue weighted by Crippen LogP contribution is -2.46. The second-order valence-electron chi connectivity index (χ2n) is 4.81. The van der Waals surface area contributed by atoms with Crippen LogP contribution < -0.4 is 0 Å². The van der Waals surface area contributed by atoms with Crippen LogP contribution in [0.4, 0.5) is 0 Å². The number of hydrogen-bond donors (Lipinski definition) is 1. The van der Waals surface area contributed by atoms with Crippen molar-refractivity contribution in [2.45, 2.75) is 32.2 Å². The van der Waals surface area contributed by atoms with E-state index >= 15 is 0 Å². The molecule has 6 heteroatoms. The monoisotopic (exact) mass is 243 g/mol. The molecule has 0 aliphatic carbocycles. The molecule has 1 saturated heterocycles. The summed E-state index contributed by atoms with van der Waals surface area (Å²) in [6, 6.07) is 0. The first-order valence-electron chi connectivity index (χ1n) is 5.38. The molecule has 1 atom stereocenters. The summed E-state index contributed by atoms with van der Waals surface area (Å²) < 4.78 is 4.59. The molecule has 1 fully saturated rings. The van der Waals surface area contributed by atoms with Crippen molar-refractivity contribution in [3.63, 3.8) is 0 Å². The van der Waals surface area contributed by atoms with E-state index in [0.717, 1.165) is 0 Å². The number of carboxylic acid groups (broad SMARTS) is 1. The van der Waals surface area contributed by atoms with Crippen molar-refractivity contribution in [3.05, 3.63) is 0 Å². The van der Waals surface area contributed by atoms with E-state index in [-0.39, 0.29) is 25.3 Å². The number of ether oxygens (including phenoxy) is 1. The summed E-state index contributed by atoms with van der Waals surface area (Å²) in [6.45, 7) is 3.59. The lowest BCUT2D eigenvalue weighted by molar-refractivity contribution is -0.145. The molecule has 0 aromatic rings. The fourth-order valence-electron chi connectivity index (χ4n) is 2.08. The van der Waals surface area contributed by atoms with Gasteiger partial charge >= 0.3 is 11.9 Å². The van der Waals surface area contributed by atoms with Crippen LogP contribution in [0.25, 0.3) is 0 Å². The van der Waals surface area contributed by atoms with E-state index in [1.807, 2.05) is 0 Å². The van der Waals surface area contributed by atoms with E-state index in [2.05, 4.69) is 4.74 Å². The molecule has 6 nitrogen and oxygen atoms in total. The van der Waals surface area contributed by atoms with Crippen LogP contribution in [0.3, 0.4) is 0 Å². The Morgan fingerprint density at radius 1 is 1.53 bits per heavy atom. The molecular weight excluding hydrogens is 226 g/mol. The predicted octanol–water partition coefficient (Wildman–Crippen LogP) is 0.261. The smallest absolute Gasteiger partial charge is 0.310 e. The quantitative estimate of drug-likeness (QED) is 0.716. The second kappa shape index (κ2) is 4.73. The van der Waals surface area contributed by atoms with Crippen LogP contribution in [-0.4, -0.2) is 47.0 Å². The summed E-state index contributed by atoms with van der Waals surface area (Å²) in [7, 11) is 1.28. The average Bonchev–Trinajstić information content (AvgIpc) is 2.58. The number of hydrogen-bond acceptors (Lipinski definition) is 4. The lowest BCUT2D eigenvalue weighted by atomic mass is 9.98. The first-order chi connectivity index (χ1) is 7.77. The number of rotatable bonds is 4. The molecule has 0 aromatic carbocycles. The second-order valence-corrected chi connectivity index (χ2v) is 4.81. The molecule has 1 aliphatic rings. The fourth-order valence-corrected chi connectivity index (χ4v) is 2.08. The maximum Gasteiger partial charge on any atom is 0.310 e. The molecular formula is C11H17NO5. The van der Waals surface area contributed by atoms with Gasteiger partial charge in [-0.25, -0.2) is 0 Å². The number of likely N-dealkylation sites (tertiary alicyclic amines) is 1. The van der Waals surface area contributed by atoms with Crippen molar-refractivity contribution in [3.8, 4) is 0 Å². The number of amides is 1. The third-order valence-electron chi connectivity index (χ3n) is 2.97. The number of carbonyl (C=O) groups is 3. The molecule has 1 heterocycles. The van der Waals surface area contributed by atoms with Crippen molar-refractivity contribution in [2.24, 2.45) is 5.92 Å². The number of aliphatic carboxylic acids is 1. The zero-order chi connectivity index (χ0) is 13.2. The Kier molecular flexibility index (Phi) is 3.75. The Bertz CT molecular complexity index is 350. The Hall–Kier alpha value is -1.59. The van der Waals surface area contributed by atoms with Crippen molar-refractivity contribution in [2.75, 3.05) is 13.7 Å². The SMILES string of the molecule is COC(=O)C1CC(=O)N(C(C)(C)CC(=O)O)C1. The van der Waals surface area contributed by atoms with Crippen LogP contribution in [-0.2, 0) is 19.1 Å². The molecule has 0 spiro atoms. The van der Waals surface area contributed by atoms with Crippen molar-refractivity contribution >= 4 is 17.8 Å². The Balaban J connectivity index is 2.76. The van der Waals surface area contributed by atoms with Crippen molar-refractivity contribution in [1.82, 2.24) is 4.90 Å². The van der Waals surface area contributed by atoms with Crippen LogP contribution in [0.1, 0.15) is 26.7 Å². The molecule has 0 bridgehead atoms. The van der Waals surface area contributed by atoms with Gasteiger partial charge in [0, 0.05) is 18.5 Å².